The lowest BCUT2D eigenvalue weighted by atomic mass is 10.1. The first kappa shape index (κ1) is 23.6. The fraction of sp³-hybridized carbons (Fsp3) is 0.185. The molecule has 3 aromatic carbocycles. The highest BCUT2D eigenvalue weighted by molar-refractivity contribution is 6.01. The maximum atomic E-state index is 13.1. The number of amides is 1. The quantitative estimate of drug-likeness (QED) is 0.345. The zero-order valence-electron chi connectivity index (χ0n) is 18.5. The lowest BCUT2D eigenvalue weighted by Gasteiger charge is -2.14. The molecule has 0 bridgehead atoms. The molecule has 1 N–H and O–H groups in total. The Morgan fingerprint density at radius 3 is 2.45 bits per heavy atom. The molecule has 3 rings (SSSR count). The summed E-state index contributed by atoms with van der Waals surface area (Å²) in [6.45, 7) is 4.38. The average molecular weight is 445 g/mol. The number of nitriles is 1. The van der Waals surface area contributed by atoms with E-state index in [1.807, 2.05) is 50.2 Å². The van der Waals surface area contributed by atoms with Crippen molar-refractivity contribution in [1.82, 2.24) is 5.32 Å². The van der Waals surface area contributed by atoms with Gasteiger partial charge in [0.25, 0.3) is 5.91 Å². The van der Waals surface area contributed by atoms with Gasteiger partial charge in [0, 0.05) is 0 Å². The molecule has 0 radical (unpaired) electrons. The summed E-state index contributed by atoms with van der Waals surface area (Å²) in [4.78, 5) is 12.6. The van der Waals surface area contributed by atoms with Crippen molar-refractivity contribution in [3.8, 4) is 17.6 Å². The molecule has 3 aromatic rings. The SMILES string of the molecule is CCOc1cc(/C=C(\C#N)C(=O)N[C@H](C)c2ccccc2)ccc1OCc1ccc(F)cc1. The van der Waals surface area contributed by atoms with Gasteiger partial charge in [0.15, 0.2) is 11.5 Å². The Hall–Kier alpha value is -4.11. The van der Waals surface area contributed by atoms with Crippen molar-refractivity contribution in [2.75, 3.05) is 6.61 Å². The standard InChI is InChI=1S/C27H25FN2O3/c1-3-32-26-16-21(11-14-25(26)33-18-20-9-12-24(28)13-10-20)15-23(17-29)27(31)30-19(2)22-7-5-4-6-8-22/h4-16,19H,3,18H2,1-2H3,(H,30,31)/b23-15+/t19-/m1/s1. The Balaban J connectivity index is 1.74. The minimum atomic E-state index is -0.455. The summed E-state index contributed by atoms with van der Waals surface area (Å²) in [7, 11) is 0. The number of hydrogen-bond donors (Lipinski definition) is 1. The summed E-state index contributed by atoms with van der Waals surface area (Å²) >= 11 is 0. The lowest BCUT2D eigenvalue weighted by molar-refractivity contribution is -0.117. The number of carbonyl (C=O) groups is 1. The van der Waals surface area contributed by atoms with E-state index in [0.717, 1.165) is 11.1 Å². The molecule has 0 aliphatic rings. The predicted molar refractivity (Wildman–Crippen MR) is 125 cm³/mol. The second kappa shape index (κ2) is 11.5. The molecule has 1 amide bonds. The highest BCUT2D eigenvalue weighted by Gasteiger charge is 2.14. The van der Waals surface area contributed by atoms with Crippen molar-refractivity contribution in [3.63, 3.8) is 0 Å². The molecule has 6 heteroatoms. The number of nitrogens with one attached hydrogen (secondary N) is 1. The number of halogens is 1. The zero-order chi connectivity index (χ0) is 23.6. The van der Waals surface area contributed by atoms with Gasteiger partial charge in [-0.1, -0.05) is 48.5 Å². The first-order valence-corrected chi connectivity index (χ1v) is 10.6. The number of benzene rings is 3. The Labute approximate surface area is 193 Å². The number of ether oxygens (including phenoxy) is 2. The summed E-state index contributed by atoms with van der Waals surface area (Å²) < 4.78 is 24.6. The van der Waals surface area contributed by atoms with Gasteiger partial charge >= 0.3 is 0 Å². The molecule has 0 saturated heterocycles. The molecular weight excluding hydrogens is 419 g/mol. The van der Waals surface area contributed by atoms with Crippen LogP contribution in [0.3, 0.4) is 0 Å². The molecule has 1 atom stereocenters. The van der Waals surface area contributed by atoms with Crippen molar-refractivity contribution in [1.29, 1.82) is 5.26 Å². The van der Waals surface area contributed by atoms with Crippen LogP contribution in [0.5, 0.6) is 11.5 Å². The van der Waals surface area contributed by atoms with Crippen LogP contribution >= 0.6 is 0 Å². The first-order chi connectivity index (χ1) is 16.0. The van der Waals surface area contributed by atoms with E-state index in [9.17, 15) is 14.4 Å². The van der Waals surface area contributed by atoms with Crippen LogP contribution in [0, 0.1) is 17.1 Å². The number of carbonyl (C=O) groups excluding carboxylic acids is 1. The van der Waals surface area contributed by atoms with Crippen molar-refractivity contribution < 1.29 is 18.7 Å². The minimum absolute atomic E-state index is 0.0137. The summed E-state index contributed by atoms with van der Waals surface area (Å²) in [5.74, 6) is 0.242. The smallest absolute Gasteiger partial charge is 0.262 e. The first-order valence-electron chi connectivity index (χ1n) is 10.6. The molecule has 5 nitrogen and oxygen atoms in total. The van der Waals surface area contributed by atoms with Crippen molar-refractivity contribution in [2.24, 2.45) is 0 Å². The van der Waals surface area contributed by atoms with E-state index in [1.54, 1.807) is 30.3 Å². The molecule has 0 aliphatic heterocycles. The van der Waals surface area contributed by atoms with Gasteiger partial charge in [-0.25, -0.2) is 4.39 Å². The van der Waals surface area contributed by atoms with E-state index in [1.165, 1.54) is 18.2 Å². The lowest BCUT2D eigenvalue weighted by Crippen LogP contribution is -2.27. The molecule has 0 heterocycles. The van der Waals surface area contributed by atoms with Crippen LogP contribution in [0.2, 0.25) is 0 Å². The molecule has 0 saturated carbocycles. The summed E-state index contributed by atoms with van der Waals surface area (Å²) in [5.41, 5.74) is 2.38. The molecular formula is C27H25FN2O3. The van der Waals surface area contributed by atoms with Crippen molar-refractivity contribution >= 4 is 12.0 Å². The highest BCUT2D eigenvalue weighted by atomic mass is 19.1. The van der Waals surface area contributed by atoms with Gasteiger partial charge in [0.2, 0.25) is 0 Å². The topological polar surface area (TPSA) is 71.3 Å². The highest BCUT2D eigenvalue weighted by Crippen LogP contribution is 2.30. The van der Waals surface area contributed by atoms with E-state index in [-0.39, 0.29) is 24.0 Å². The Bertz CT molecular complexity index is 1150. The summed E-state index contributed by atoms with van der Waals surface area (Å²) in [5, 5.41) is 12.4. The van der Waals surface area contributed by atoms with Gasteiger partial charge in [-0.15, -0.1) is 0 Å². The number of nitrogens with zero attached hydrogens (tertiary/aromatic N) is 1. The van der Waals surface area contributed by atoms with Crippen molar-refractivity contribution in [2.45, 2.75) is 26.5 Å². The van der Waals surface area contributed by atoms with Crippen LogP contribution in [-0.2, 0) is 11.4 Å². The largest absolute Gasteiger partial charge is 0.490 e. The van der Waals surface area contributed by atoms with Crippen LogP contribution in [-0.4, -0.2) is 12.5 Å². The van der Waals surface area contributed by atoms with Crippen LogP contribution in [0.1, 0.15) is 36.6 Å². The fourth-order valence-corrected chi connectivity index (χ4v) is 3.16. The van der Waals surface area contributed by atoms with Crippen LogP contribution < -0.4 is 14.8 Å². The Morgan fingerprint density at radius 2 is 1.79 bits per heavy atom. The zero-order valence-corrected chi connectivity index (χ0v) is 18.5. The van der Waals surface area contributed by atoms with Crippen molar-refractivity contribution in [3.05, 3.63) is 101 Å². The van der Waals surface area contributed by atoms with Gasteiger partial charge in [0.1, 0.15) is 24.1 Å². The average Bonchev–Trinajstić information content (AvgIpc) is 2.83. The molecule has 0 spiro atoms. The van der Waals surface area contributed by atoms with Gasteiger partial charge in [-0.2, -0.15) is 5.26 Å². The van der Waals surface area contributed by atoms with Gasteiger partial charge in [0.05, 0.1) is 12.6 Å². The maximum Gasteiger partial charge on any atom is 0.262 e. The molecule has 168 valence electrons. The third-order valence-corrected chi connectivity index (χ3v) is 4.90. The summed E-state index contributed by atoms with van der Waals surface area (Å²) in [6, 6.07) is 22.5. The molecule has 0 aliphatic carbocycles. The molecule has 0 fully saturated rings. The second-order valence-electron chi connectivity index (χ2n) is 7.33. The van der Waals surface area contributed by atoms with E-state index in [4.69, 9.17) is 9.47 Å². The normalized spacial score (nSPS) is 11.9. The summed E-state index contributed by atoms with van der Waals surface area (Å²) in [6.07, 6.45) is 1.51. The van der Waals surface area contributed by atoms with Crippen LogP contribution in [0.25, 0.3) is 6.08 Å². The van der Waals surface area contributed by atoms with E-state index >= 15 is 0 Å². The Kier molecular flexibility index (Phi) is 8.20. The van der Waals surface area contributed by atoms with E-state index < -0.39 is 5.91 Å². The maximum absolute atomic E-state index is 13.1. The van der Waals surface area contributed by atoms with Gasteiger partial charge in [-0.3, -0.25) is 4.79 Å². The fourth-order valence-electron chi connectivity index (χ4n) is 3.16. The second-order valence-corrected chi connectivity index (χ2v) is 7.33. The van der Waals surface area contributed by atoms with E-state index in [0.29, 0.717) is 23.7 Å². The monoisotopic (exact) mass is 444 g/mol. The number of hydrogen-bond acceptors (Lipinski definition) is 4. The minimum Gasteiger partial charge on any atom is -0.490 e. The molecule has 0 unspecified atom stereocenters. The third kappa shape index (κ3) is 6.68. The predicted octanol–water partition coefficient (Wildman–Crippen LogP) is 5.59. The Morgan fingerprint density at radius 1 is 1.06 bits per heavy atom. The molecule has 33 heavy (non-hydrogen) atoms. The van der Waals surface area contributed by atoms with Crippen LogP contribution in [0.4, 0.5) is 4.39 Å². The number of rotatable bonds is 9. The molecule has 0 aromatic heterocycles. The van der Waals surface area contributed by atoms with Gasteiger partial charge < -0.3 is 14.8 Å². The van der Waals surface area contributed by atoms with Crippen LogP contribution in [0.15, 0.2) is 78.4 Å². The van der Waals surface area contributed by atoms with E-state index in [2.05, 4.69) is 5.32 Å². The third-order valence-electron chi connectivity index (χ3n) is 4.90. The van der Waals surface area contributed by atoms with Gasteiger partial charge in [-0.05, 0) is 60.9 Å².